The SMILES string of the molecule is CC(=O)N[C@H]1C([C@H](O)[C@H](O)CO)OC(C(=O)O)=C(C/C=C/c2ccc(C)cc2)[C@@H]1O. The number of aliphatic hydroxyl groups excluding tert-OH is 4. The number of hydrogen-bond donors (Lipinski definition) is 6. The molecule has 1 amide bonds. The van der Waals surface area contributed by atoms with Crippen LogP contribution in [0.25, 0.3) is 6.08 Å². The van der Waals surface area contributed by atoms with Crippen LogP contribution < -0.4 is 5.32 Å². The third kappa shape index (κ3) is 5.67. The number of carboxylic acid groups (broad SMARTS) is 1. The minimum absolute atomic E-state index is 0.00606. The lowest BCUT2D eigenvalue weighted by atomic mass is 9.87. The highest BCUT2D eigenvalue weighted by atomic mass is 16.5. The van der Waals surface area contributed by atoms with E-state index in [9.17, 15) is 30.0 Å². The van der Waals surface area contributed by atoms with Gasteiger partial charge in [0, 0.05) is 12.5 Å². The van der Waals surface area contributed by atoms with Gasteiger partial charge in [-0.05, 0) is 18.9 Å². The van der Waals surface area contributed by atoms with Crippen LogP contribution in [-0.2, 0) is 14.3 Å². The molecule has 0 bridgehead atoms. The number of carbonyl (C=O) groups is 2. The van der Waals surface area contributed by atoms with Crippen molar-refractivity contribution >= 4 is 18.0 Å². The molecule has 0 aliphatic carbocycles. The van der Waals surface area contributed by atoms with Crippen LogP contribution in [0, 0.1) is 6.92 Å². The lowest BCUT2D eigenvalue weighted by Gasteiger charge is -2.40. The fourth-order valence-electron chi connectivity index (χ4n) is 3.22. The summed E-state index contributed by atoms with van der Waals surface area (Å²) in [5.74, 6) is -2.59. The zero-order valence-corrected chi connectivity index (χ0v) is 16.7. The number of allylic oxidation sites excluding steroid dienone is 1. The lowest BCUT2D eigenvalue weighted by Crippen LogP contribution is -2.61. The Kier molecular flexibility index (Phi) is 8.13. The highest BCUT2D eigenvalue weighted by Crippen LogP contribution is 2.30. The maximum Gasteiger partial charge on any atom is 0.371 e. The third-order valence-corrected chi connectivity index (χ3v) is 4.80. The normalized spacial score (nSPS) is 23.7. The fourth-order valence-corrected chi connectivity index (χ4v) is 3.22. The second-order valence-electron chi connectivity index (χ2n) is 7.17. The first-order chi connectivity index (χ1) is 14.1. The van der Waals surface area contributed by atoms with Gasteiger partial charge in [-0.15, -0.1) is 0 Å². The van der Waals surface area contributed by atoms with Gasteiger partial charge >= 0.3 is 5.97 Å². The predicted octanol–water partition coefficient (Wildman–Crippen LogP) is -0.284. The van der Waals surface area contributed by atoms with Crippen LogP contribution in [-0.4, -0.2) is 74.5 Å². The quantitative estimate of drug-likeness (QED) is 0.335. The Hall–Kier alpha value is -2.72. The number of ether oxygens (including phenoxy) is 1. The van der Waals surface area contributed by atoms with Crippen molar-refractivity contribution in [1.29, 1.82) is 0 Å². The van der Waals surface area contributed by atoms with E-state index in [1.807, 2.05) is 31.2 Å². The van der Waals surface area contributed by atoms with E-state index in [1.54, 1.807) is 12.2 Å². The molecule has 164 valence electrons. The van der Waals surface area contributed by atoms with Crippen molar-refractivity contribution in [3.05, 3.63) is 52.8 Å². The molecule has 0 aromatic heterocycles. The molecular formula is C21H27NO8. The Morgan fingerprint density at radius 1 is 1.23 bits per heavy atom. The van der Waals surface area contributed by atoms with Gasteiger partial charge < -0.3 is 35.6 Å². The van der Waals surface area contributed by atoms with Crippen molar-refractivity contribution in [1.82, 2.24) is 5.32 Å². The minimum Gasteiger partial charge on any atom is -0.478 e. The summed E-state index contributed by atoms with van der Waals surface area (Å²) in [6.45, 7) is 2.32. The van der Waals surface area contributed by atoms with Crippen molar-refractivity contribution in [2.24, 2.45) is 0 Å². The first kappa shape index (κ1) is 23.6. The number of aliphatic hydroxyl groups is 4. The molecule has 9 heteroatoms. The van der Waals surface area contributed by atoms with E-state index in [1.165, 1.54) is 6.92 Å². The summed E-state index contributed by atoms with van der Waals surface area (Å²) >= 11 is 0. The molecule has 0 spiro atoms. The zero-order chi connectivity index (χ0) is 22.4. The Morgan fingerprint density at radius 3 is 2.40 bits per heavy atom. The number of aryl methyl sites for hydroxylation is 1. The molecule has 0 radical (unpaired) electrons. The summed E-state index contributed by atoms with van der Waals surface area (Å²) in [7, 11) is 0. The molecule has 1 aliphatic rings. The van der Waals surface area contributed by atoms with Crippen LogP contribution in [0.2, 0.25) is 0 Å². The number of aliphatic carboxylic acids is 1. The van der Waals surface area contributed by atoms with E-state index in [2.05, 4.69) is 5.32 Å². The van der Waals surface area contributed by atoms with Gasteiger partial charge in [-0.3, -0.25) is 4.79 Å². The van der Waals surface area contributed by atoms with Crippen molar-refractivity contribution in [2.75, 3.05) is 6.61 Å². The second kappa shape index (κ2) is 10.4. The molecule has 1 aromatic carbocycles. The summed E-state index contributed by atoms with van der Waals surface area (Å²) < 4.78 is 5.40. The number of carboxylic acids is 1. The Morgan fingerprint density at radius 2 is 1.87 bits per heavy atom. The summed E-state index contributed by atoms with van der Waals surface area (Å²) in [5.41, 5.74) is 1.97. The lowest BCUT2D eigenvalue weighted by molar-refractivity contribution is -0.150. The van der Waals surface area contributed by atoms with Crippen LogP contribution >= 0.6 is 0 Å². The molecule has 0 saturated heterocycles. The maximum atomic E-state index is 11.7. The second-order valence-corrected chi connectivity index (χ2v) is 7.17. The van der Waals surface area contributed by atoms with Crippen LogP contribution in [0.1, 0.15) is 24.5 Å². The van der Waals surface area contributed by atoms with Crippen molar-refractivity contribution in [3.63, 3.8) is 0 Å². The zero-order valence-electron chi connectivity index (χ0n) is 16.7. The number of rotatable bonds is 8. The average molecular weight is 421 g/mol. The van der Waals surface area contributed by atoms with Gasteiger partial charge in [0.05, 0.1) is 12.6 Å². The standard InChI is InChI=1S/C21H27NO8/c1-11-6-8-13(9-7-11)4-3-5-14-17(26)16(22-12(2)24)20(18(27)15(25)10-23)30-19(14)21(28)29/h3-4,6-9,15-18,20,23,25-27H,5,10H2,1-2H3,(H,22,24)(H,28,29)/b4-3+/t15-,16-,17+,18-,20?/m1/s1. The van der Waals surface area contributed by atoms with Gasteiger partial charge in [0.1, 0.15) is 18.3 Å². The van der Waals surface area contributed by atoms with Crippen molar-refractivity contribution in [3.8, 4) is 0 Å². The topological polar surface area (TPSA) is 157 Å². The molecule has 9 nitrogen and oxygen atoms in total. The maximum absolute atomic E-state index is 11.7. The number of carbonyl (C=O) groups excluding carboxylic acids is 1. The van der Waals surface area contributed by atoms with Crippen LogP contribution in [0.4, 0.5) is 0 Å². The number of nitrogens with one attached hydrogen (secondary N) is 1. The summed E-state index contributed by atoms with van der Waals surface area (Å²) in [5, 5.41) is 51.8. The molecule has 1 aromatic rings. The molecule has 0 fully saturated rings. The molecule has 6 N–H and O–H groups in total. The first-order valence-corrected chi connectivity index (χ1v) is 9.44. The number of benzene rings is 1. The minimum atomic E-state index is -1.75. The third-order valence-electron chi connectivity index (χ3n) is 4.80. The fraction of sp³-hybridized carbons (Fsp3) is 0.429. The Bertz CT molecular complexity index is 817. The molecule has 0 saturated carbocycles. The monoisotopic (exact) mass is 421 g/mol. The summed E-state index contributed by atoms with van der Waals surface area (Å²) in [4.78, 5) is 23.3. The van der Waals surface area contributed by atoms with Gasteiger partial charge in [0.2, 0.25) is 11.7 Å². The largest absolute Gasteiger partial charge is 0.478 e. The summed E-state index contributed by atoms with van der Waals surface area (Å²) in [6, 6.07) is 6.38. The van der Waals surface area contributed by atoms with Crippen molar-refractivity contribution < 1.29 is 39.9 Å². The molecule has 1 heterocycles. The predicted molar refractivity (Wildman–Crippen MR) is 107 cm³/mol. The highest BCUT2D eigenvalue weighted by molar-refractivity contribution is 5.86. The molecule has 30 heavy (non-hydrogen) atoms. The Labute approximate surface area is 173 Å². The molecule has 1 aliphatic heterocycles. The van der Waals surface area contributed by atoms with Gasteiger partial charge in [0.15, 0.2) is 6.10 Å². The van der Waals surface area contributed by atoms with E-state index in [-0.39, 0.29) is 12.0 Å². The van der Waals surface area contributed by atoms with E-state index >= 15 is 0 Å². The number of amides is 1. The van der Waals surface area contributed by atoms with Crippen LogP contribution in [0.5, 0.6) is 0 Å². The molecule has 1 unspecified atom stereocenters. The molecule has 5 atom stereocenters. The molecular weight excluding hydrogens is 394 g/mol. The van der Waals surface area contributed by atoms with E-state index in [0.29, 0.717) is 0 Å². The van der Waals surface area contributed by atoms with E-state index in [4.69, 9.17) is 9.84 Å². The Balaban J connectivity index is 2.35. The summed E-state index contributed by atoms with van der Waals surface area (Å²) in [6.07, 6.45) is -2.97. The smallest absolute Gasteiger partial charge is 0.371 e. The van der Waals surface area contributed by atoms with E-state index in [0.717, 1.165) is 11.1 Å². The average Bonchev–Trinajstić information content (AvgIpc) is 2.70. The number of hydrogen-bond acceptors (Lipinski definition) is 7. The van der Waals surface area contributed by atoms with Crippen LogP contribution in [0.3, 0.4) is 0 Å². The van der Waals surface area contributed by atoms with Crippen LogP contribution in [0.15, 0.2) is 41.7 Å². The van der Waals surface area contributed by atoms with Gasteiger partial charge in [-0.1, -0.05) is 42.0 Å². The first-order valence-electron chi connectivity index (χ1n) is 9.44. The van der Waals surface area contributed by atoms with Gasteiger partial charge in [-0.25, -0.2) is 4.79 Å². The van der Waals surface area contributed by atoms with Crippen molar-refractivity contribution in [2.45, 2.75) is 50.7 Å². The molecule has 2 rings (SSSR count). The highest BCUT2D eigenvalue weighted by Gasteiger charge is 2.46. The van der Waals surface area contributed by atoms with Gasteiger partial charge in [0.25, 0.3) is 0 Å². The van der Waals surface area contributed by atoms with Gasteiger partial charge in [-0.2, -0.15) is 0 Å². The van der Waals surface area contributed by atoms with E-state index < -0.39 is 54.7 Å².